The lowest BCUT2D eigenvalue weighted by Gasteiger charge is -2.21. The first-order chi connectivity index (χ1) is 14.8. The van der Waals surface area contributed by atoms with Gasteiger partial charge in [-0.3, -0.25) is 9.59 Å². The summed E-state index contributed by atoms with van der Waals surface area (Å²) < 4.78 is 12.1. The average molecular weight is 427 g/mol. The molecule has 166 valence electrons. The van der Waals surface area contributed by atoms with Crippen LogP contribution in [0.5, 0.6) is 5.75 Å². The first-order valence-electron chi connectivity index (χ1n) is 10.2. The lowest BCUT2D eigenvalue weighted by Crippen LogP contribution is -2.36. The third-order valence-corrected chi connectivity index (χ3v) is 5.12. The minimum absolute atomic E-state index is 0.139. The van der Waals surface area contributed by atoms with Crippen molar-refractivity contribution in [2.24, 2.45) is 0 Å². The zero-order valence-corrected chi connectivity index (χ0v) is 18.9. The van der Waals surface area contributed by atoms with Crippen molar-refractivity contribution < 1.29 is 23.9 Å². The number of nitrogens with zero attached hydrogens (tertiary/aromatic N) is 2. The van der Waals surface area contributed by atoms with Gasteiger partial charge in [0.05, 0.1) is 20.3 Å². The largest absolute Gasteiger partial charge is 0.497 e. The minimum Gasteiger partial charge on any atom is -0.497 e. The van der Waals surface area contributed by atoms with Crippen LogP contribution in [0.1, 0.15) is 56.3 Å². The third kappa shape index (κ3) is 5.05. The van der Waals surface area contributed by atoms with Gasteiger partial charge in [0.2, 0.25) is 0 Å². The van der Waals surface area contributed by atoms with Gasteiger partial charge in [-0.2, -0.15) is 0 Å². The van der Waals surface area contributed by atoms with E-state index in [4.69, 9.17) is 9.47 Å². The number of amides is 1. The highest BCUT2D eigenvalue weighted by Crippen LogP contribution is 2.24. The van der Waals surface area contributed by atoms with E-state index in [0.29, 0.717) is 40.4 Å². The van der Waals surface area contributed by atoms with Gasteiger partial charge in [0, 0.05) is 29.9 Å². The summed E-state index contributed by atoms with van der Waals surface area (Å²) in [6, 6.07) is 6.78. The number of carbonyl (C=O) groups excluding carboxylic acids is 3. The zero-order valence-electron chi connectivity index (χ0n) is 18.9. The van der Waals surface area contributed by atoms with Crippen molar-refractivity contribution in [3.63, 3.8) is 0 Å². The monoisotopic (exact) mass is 426 g/mol. The summed E-state index contributed by atoms with van der Waals surface area (Å²) in [5, 5.41) is 0. The zero-order chi connectivity index (χ0) is 23.1. The van der Waals surface area contributed by atoms with Crippen LogP contribution in [0.15, 0.2) is 36.9 Å². The third-order valence-electron chi connectivity index (χ3n) is 5.12. The van der Waals surface area contributed by atoms with Crippen molar-refractivity contribution in [2.45, 2.75) is 34.2 Å². The Morgan fingerprint density at radius 1 is 1.19 bits per heavy atom. The second-order valence-electron chi connectivity index (χ2n) is 7.03. The van der Waals surface area contributed by atoms with Crippen molar-refractivity contribution in [3.8, 4) is 5.75 Å². The molecule has 0 aliphatic rings. The fourth-order valence-electron chi connectivity index (χ4n) is 3.73. The molecule has 7 heteroatoms. The number of ether oxygens (including phenoxy) is 2. The average Bonchev–Trinajstić information content (AvgIpc) is 3.02. The van der Waals surface area contributed by atoms with Gasteiger partial charge in [0.1, 0.15) is 11.4 Å². The van der Waals surface area contributed by atoms with Crippen LogP contribution >= 0.6 is 0 Å². The Morgan fingerprint density at radius 3 is 2.48 bits per heavy atom. The number of hydrogen-bond acceptors (Lipinski definition) is 5. The van der Waals surface area contributed by atoms with E-state index in [1.54, 1.807) is 55.7 Å². The summed E-state index contributed by atoms with van der Waals surface area (Å²) in [6.07, 6.45) is 1.58. The van der Waals surface area contributed by atoms with Gasteiger partial charge in [-0.1, -0.05) is 12.1 Å². The highest BCUT2D eigenvalue weighted by Gasteiger charge is 2.28. The lowest BCUT2D eigenvalue weighted by molar-refractivity contribution is 0.0512. The number of rotatable bonds is 10. The second kappa shape index (κ2) is 10.6. The van der Waals surface area contributed by atoms with E-state index >= 15 is 0 Å². The van der Waals surface area contributed by atoms with E-state index < -0.39 is 5.97 Å². The molecule has 1 amide bonds. The molecule has 7 nitrogen and oxygen atoms in total. The quantitative estimate of drug-likeness (QED) is 0.328. The maximum Gasteiger partial charge on any atom is 0.355 e. The second-order valence-corrected chi connectivity index (χ2v) is 7.03. The number of benzene rings is 1. The van der Waals surface area contributed by atoms with E-state index in [1.165, 1.54) is 12.0 Å². The number of hydrogen-bond donors (Lipinski definition) is 0. The fourth-order valence-corrected chi connectivity index (χ4v) is 3.73. The summed E-state index contributed by atoms with van der Waals surface area (Å²) in [4.78, 5) is 40.2. The van der Waals surface area contributed by atoms with Gasteiger partial charge in [0.25, 0.3) is 5.91 Å². The predicted molar refractivity (Wildman–Crippen MR) is 119 cm³/mol. The SMILES string of the molecule is C=CCN(CC(=O)c1c(C)c(C(=O)OCC)n(CC)c1C)C(=O)c1cccc(OC)c1. The van der Waals surface area contributed by atoms with Gasteiger partial charge < -0.3 is 18.9 Å². The van der Waals surface area contributed by atoms with Crippen LogP contribution in [0.4, 0.5) is 0 Å². The molecule has 31 heavy (non-hydrogen) atoms. The molecule has 0 bridgehead atoms. The Balaban J connectivity index is 2.39. The number of aromatic nitrogens is 1. The molecule has 0 atom stereocenters. The molecule has 1 aromatic heterocycles. The normalized spacial score (nSPS) is 10.5. The summed E-state index contributed by atoms with van der Waals surface area (Å²) in [7, 11) is 1.53. The maximum absolute atomic E-state index is 13.3. The number of ketones is 1. The Morgan fingerprint density at radius 2 is 1.90 bits per heavy atom. The Hall–Kier alpha value is -3.35. The molecule has 0 unspecified atom stereocenters. The molecule has 0 saturated carbocycles. The highest BCUT2D eigenvalue weighted by molar-refractivity contribution is 6.06. The van der Waals surface area contributed by atoms with E-state index in [9.17, 15) is 14.4 Å². The lowest BCUT2D eigenvalue weighted by atomic mass is 10.0. The Labute approximate surface area is 183 Å². The molecular weight excluding hydrogens is 396 g/mol. The fraction of sp³-hybridized carbons (Fsp3) is 0.375. The van der Waals surface area contributed by atoms with E-state index in [1.807, 2.05) is 6.92 Å². The molecule has 0 N–H and O–H groups in total. The summed E-state index contributed by atoms with van der Waals surface area (Å²) in [5.41, 5.74) is 2.48. The minimum atomic E-state index is -0.459. The standard InChI is InChI=1S/C24H30N2O5/c1-7-13-25(23(28)18-11-10-12-19(14-18)30-6)15-20(27)21-16(4)22(24(29)31-9-3)26(8-2)17(21)5/h7,10-12,14H,1,8-9,13,15H2,2-6H3. The molecule has 2 rings (SSSR count). The number of Topliss-reactive ketones (excluding diaryl/α,β-unsaturated/α-hetero) is 1. The van der Waals surface area contributed by atoms with Crippen LogP contribution in [-0.2, 0) is 11.3 Å². The van der Waals surface area contributed by atoms with Crippen LogP contribution in [-0.4, -0.2) is 53.9 Å². The molecule has 1 heterocycles. The molecule has 0 radical (unpaired) electrons. The van der Waals surface area contributed by atoms with Crippen LogP contribution in [0, 0.1) is 13.8 Å². The van der Waals surface area contributed by atoms with E-state index in [0.717, 1.165) is 0 Å². The van der Waals surface area contributed by atoms with Crippen molar-refractivity contribution >= 4 is 17.7 Å². The van der Waals surface area contributed by atoms with Gasteiger partial charge in [0.15, 0.2) is 5.78 Å². The van der Waals surface area contributed by atoms with E-state index in [2.05, 4.69) is 6.58 Å². The molecule has 2 aromatic rings. The summed E-state index contributed by atoms with van der Waals surface area (Å²) in [6.45, 7) is 11.7. The van der Waals surface area contributed by atoms with Gasteiger partial charge in [-0.15, -0.1) is 6.58 Å². The Kier molecular flexibility index (Phi) is 8.19. The molecular formula is C24H30N2O5. The van der Waals surface area contributed by atoms with Crippen LogP contribution in [0.3, 0.4) is 0 Å². The molecule has 0 fully saturated rings. The molecule has 0 spiro atoms. The molecule has 0 saturated heterocycles. The van der Waals surface area contributed by atoms with Crippen molar-refractivity contribution in [3.05, 3.63) is 65.0 Å². The number of methoxy groups -OCH3 is 1. The molecule has 1 aromatic carbocycles. The summed E-state index contributed by atoms with van der Waals surface area (Å²) >= 11 is 0. The van der Waals surface area contributed by atoms with Gasteiger partial charge in [-0.25, -0.2) is 4.79 Å². The van der Waals surface area contributed by atoms with Crippen molar-refractivity contribution in [2.75, 3.05) is 26.8 Å². The Bertz CT molecular complexity index is 990. The first kappa shape index (κ1) is 23.9. The van der Waals surface area contributed by atoms with Gasteiger partial charge in [-0.05, 0) is 51.5 Å². The summed E-state index contributed by atoms with van der Waals surface area (Å²) in [5.74, 6) is -0.449. The van der Waals surface area contributed by atoms with E-state index in [-0.39, 0.29) is 31.4 Å². The molecule has 0 aliphatic heterocycles. The smallest absolute Gasteiger partial charge is 0.355 e. The van der Waals surface area contributed by atoms with Crippen LogP contribution in [0.25, 0.3) is 0 Å². The number of esters is 1. The van der Waals surface area contributed by atoms with Crippen LogP contribution < -0.4 is 4.74 Å². The number of carbonyl (C=O) groups is 3. The predicted octanol–water partition coefficient (Wildman–Crippen LogP) is 3.82. The highest BCUT2D eigenvalue weighted by atomic mass is 16.5. The first-order valence-corrected chi connectivity index (χ1v) is 10.2. The van der Waals surface area contributed by atoms with Gasteiger partial charge >= 0.3 is 5.97 Å². The van der Waals surface area contributed by atoms with Crippen molar-refractivity contribution in [1.82, 2.24) is 9.47 Å². The maximum atomic E-state index is 13.3. The van der Waals surface area contributed by atoms with Crippen molar-refractivity contribution in [1.29, 1.82) is 0 Å². The molecule has 0 aliphatic carbocycles. The topological polar surface area (TPSA) is 77.8 Å². The van der Waals surface area contributed by atoms with Crippen LogP contribution in [0.2, 0.25) is 0 Å².